The zero-order valence-electron chi connectivity index (χ0n) is 12.4. The highest BCUT2D eigenvalue weighted by Crippen LogP contribution is 2.43. The molecule has 0 N–H and O–H groups in total. The SMILES string of the molecule is COc1ccc2c(c1)OC(C)(C)CC2C(=O)c1ccco1. The Labute approximate surface area is 123 Å². The molecule has 0 saturated carbocycles. The standard InChI is InChI=1S/C17H18O4/c1-17(2)10-13(16(18)14-5-4-8-20-14)12-7-6-11(19-3)9-15(12)21-17/h4-9,13H,10H2,1-3H3. The third kappa shape index (κ3) is 2.53. The average molecular weight is 286 g/mol. The first kappa shape index (κ1) is 13.7. The summed E-state index contributed by atoms with van der Waals surface area (Å²) in [6.07, 6.45) is 2.14. The predicted molar refractivity (Wildman–Crippen MR) is 78.1 cm³/mol. The van der Waals surface area contributed by atoms with Gasteiger partial charge in [-0.1, -0.05) is 6.07 Å². The van der Waals surface area contributed by atoms with E-state index in [4.69, 9.17) is 13.9 Å². The number of hydrogen-bond acceptors (Lipinski definition) is 4. The minimum Gasteiger partial charge on any atom is -0.497 e. The van der Waals surface area contributed by atoms with Gasteiger partial charge in [-0.15, -0.1) is 0 Å². The van der Waals surface area contributed by atoms with E-state index < -0.39 is 5.60 Å². The number of fused-ring (bicyclic) bond motifs is 1. The quantitative estimate of drug-likeness (QED) is 0.805. The van der Waals surface area contributed by atoms with Crippen LogP contribution in [0.2, 0.25) is 0 Å². The summed E-state index contributed by atoms with van der Waals surface area (Å²) in [4.78, 5) is 12.7. The molecule has 0 saturated heterocycles. The second kappa shape index (κ2) is 4.95. The van der Waals surface area contributed by atoms with Gasteiger partial charge in [0.25, 0.3) is 0 Å². The van der Waals surface area contributed by atoms with Crippen molar-refractivity contribution in [3.8, 4) is 11.5 Å². The van der Waals surface area contributed by atoms with E-state index in [0.717, 1.165) is 11.3 Å². The van der Waals surface area contributed by atoms with Gasteiger partial charge in [0, 0.05) is 18.1 Å². The van der Waals surface area contributed by atoms with Crippen LogP contribution in [-0.4, -0.2) is 18.5 Å². The van der Waals surface area contributed by atoms with E-state index in [2.05, 4.69) is 0 Å². The molecule has 1 atom stereocenters. The fourth-order valence-electron chi connectivity index (χ4n) is 2.78. The molecule has 0 fully saturated rings. The third-order valence-electron chi connectivity index (χ3n) is 3.76. The largest absolute Gasteiger partial charge is 0.497 e. The van der Waals surface area contributed by atoms with Gasteiger partial charge in [-0.05, 0) is 32.0 Å². The zero-order chi connectivity index (χ0) is 15.0. The van der Waals surface area contributed by atoms with Crippen LogP contribution in [0.1, 0.15) is 42.3 Å². The van der Waals surface area contributed by atoms with Crippen LogP contribution in [0.4, 0.5) is 0 Å². The molecule has 1 aromatic carbocycles. The van der Waals surface area contributed by atoms with Crippen molar-refractivity contribution in [1.82, 2.24) is 0 Å². The zero-order valence-corrected chi connectivity index (χ0v) is 12.4. The molecule has 2 aromatic rings. The number of rotatable bonds is 3. The summed E-state index contributed by atoms with van der Waals surface area (Å²) in [5, 5.41) is 0. The van der Waals surface area contributed by atoms with E-state index in [1.807, 2.05) is 32.0 Å². The van der Waals surface area contributed by atoms with Crippen molar-refractivity contribution in [3.63, 3.8) is 0 Å². The topological polar surface area (TPSA) is 48.7 Å². The van der Waals surface area contributed by atoms with Gasteiger partial charge < -0.3 is 13.9 Å². The first-order valence-corrected chi connectivity index (χ1v) is 6.95. The molecule has 2 heterocycles. The van der Waals surface area contributed by atoms with Gasteiger partial charge in [0.1, 0.15) is 17.1 Å². The van der Waals surface area contributed by atoms with E-state index in [9.17, 15) is 4.79 Å². The van der Waals surface area contributed by atoms with Gasteiger partial charge in [-0.3, -0.25) is 4.79 Å². The van der Waals surface area contributed by atoms with Crippen LogP contribution in [0.25, 0.3) is 0 Å². The molecule has 4 heteroatoms. The molecule has 0 spiro atoms. The maximum atomic E-state index is 12.7. The number of carbonyl (C=O) groups excluding carboxylic acids is 1. The molecule has 1 unspecified atom stereocenters. The highest BCUT2D eigenvalue weighted by molar-refractivity contribution is 5.99. The van der Waals surface area contributed by atoms with Crippen molar-refractivity contribution in [2.24, 2.45) is 0 Å². The first-order chi connectivity index (χ1) is 10.00. The lowest BCUT2D eigenvalue weighted by Gasteiger charge is -2.36. The molecule has 4 nitrogen and oxygen atoms in total. The van der Waals surface area contributed by atoms with Crippen molar-refractivity contribution < 1.29 is 18.7 Å². The molecule has 110 valence electrons. The second-order valence-corrected chi connectivity index (χ2v) is 5.86. The van der Waals surface area contributed by atoms with Crippen LogP contribution in [0, 0.1) is 0 Å². The minimum absolute atomic E-state index is 0.0113. The second-order valence-electron chi connectivity index (χ2n) is 5.86. The normalized spacial score (nSPS) is 19.5. The molecular formula is C17H18O4. The Bertz CT molecular complexity index is 655. The van der Waals surface area contributed by atoms with Gasteiger partial charge in [-0.25, -0.2) is 0 Å². The number of Topliss-reactive ketones (excluding diaryl/α,β-unsaturated/α-hetero) is 1. The third-order valence-corrected chi connectivity index (χ3v) is 3.76. The van der Waals surface area contributed by atoms with Gasteiger partial charge in [0.15, 0.2) is 5.76 Å². The number of ketones is 1. The summed E-state index contributed by atoms with van der Waals surface area (Å²) in [6, 6.07) is 9.01. The number of ether oxygens (including phenoxy) is 2. The Morgan fingerprint density at radius 2 is 2.14 bits per heavy atom. The van der Waals surface area contributed by atoms with Gasteiger partial charge in [0.2, 0.25) is 5.78 Å². The molecule has 1 aromatic heterocycles. The summed E-state index contributed by atoms with van der Waals surface area (Å²) in [7, 11) is 1.61. The molecule has 1 aliphatic rings. The Morgan fingerprint density at radius 1 is 1.33 bits per heavy atom. The number of methoxy groups -OCH3 is 1. The van der Waals surface area contributed by atoms with Crippen LogP contribution in [0.15, 0.2) is 41.0 Å². The van der Waals surface area contributed by atoms with E-state index in [0.29, 0.717) is 17.9 Å². The maximum absolute atomic E-state index is 12.7. The Kier molecular flexibility index (Phi) is 3.24. The van der Waals surface area contributed by atoms with Crippen molar-refractivity contribution in [2.75, 3.05) is 7.11 Å². The van der Waals surface area contributed by atoms with Crippen molar-refractivity contribution >= 4 is 5.78 Å². The molecule has 21 heavy (non-hydrogen) atoms. The molecule has 1 aliphatic heterocycles. The van der Waals surface area contributed by atoms with Crippen LogP contribution in [-0.2, 0) is 0 Å². The fourth-order valence-corrected chi connectivity index (χ4v) is 2.78. The first-order valence-electron chi connectivity index (χ1n) is 6.95. The Balaban J connectivity index is 2.04. The number of carbonyl (C=O) groups is 1. The molecular weight excluding hydrogens is 268 g/mol. The van der Waals surface area contributed by atoms with E-state index in [1.54, 1.807) is 19.2 Å². The molecule has 3 rings (SSSR count). The molecule has 0 amide bonds. The number of benzene rings is 1. The van der Waals surface area contributed by atoms with Crippen LogP contribution >= 0.6 is 0 Å². The minimum atomic E-state index is -0.410. The fraction of sp³-hybridized carbons (Fsp3) is 0.353. The van der Waals surface area contributed by atoms with Crippen molar-refractivity contribution in [1.29, 1.82) is 0 Å². The summed E-state index contributed by atoms with van der Waals surface area (Å²) >= 11 is 0. The summed E-state index contributed by atoms with van der Waals surface area (Å²) in [5.41, 5.74) is 0.475. The number of furan rings is 1. The van der Waals surface area contributed by atoms with Crippen molar-refractivity contribution in [2.45, 2.75) is 31.8 Å². The summed E-state index contributed by atoms with van der Waals surface area (Å²) in [6.45, 7) is 3.97. The van der Waals surface area contributed by atoms with E-state index >= 15 is 0 Å². The van der Waals surface area contributed by atoms with Gasteiger partial charge in [0.05, 0.1) is 19.3 Å². The lowest BCUT2D eigenvalue weighted by Crippen LogP contribution is -2.37. The lowest BCUT2D eigenvalue weighted by atomic mass is 9.81. The summed E-state index contributed by atoms with van der Waals surface area (Å²) in [5.74, 6) is 1.54. The molecule has 0 radical (unpaired) electrons. The van der Waals surface area contributed by atoms with E-state index in [-0.39, 0.29) is 11.7 Å². The van der Waals surface area contributed by atoms with Crippen LogP contribution in [0.5, 0.6) is 11.5 Å². The predicted octanol–water partition coefficient (Wildman–Crippen LogP) is 3.82. The molecule has 0 bridgehead atoms. The average Bonchev–Trinajstić information content (AvgIpc) is 2.98. The van der Waals surface area contributed by atoms with Gasteiger partial charge >= 0.3 is 0 Å². The molecule has 0 aliphatic carbocycles. The monoisotopic (exact) mass is 286 g/mol. The highest BCUT2D eigenvalue weighted by Gasteiger charge is 2.38. The van der Waals surface area contributed by atoms with Crippen LogP contribution in [0.3, 0.4) is 0 Å². The van der Waals surface area contributed by atoms with Crippen molar-refractivity contribution in [3.05, 3.63) is 47.9 Å². The van der Waals surface area contributed by atoms with E-state index in [1.165, 1.54) is 6.26 Å². The highest BCUT2D eigenvalue weighted by atomic mass is 16.5. The maximum Gasteiger partial charge on any atom is 0.205 e. The lowest BCUT2D eigenvalue weighted by molar-refractivity contribution is 0.0602. The Hall–Kier alpha value is -2.23. The summed E-state index contributed by atoms with van der Waals surface area (Å²) < 4.78 is 16.5. The number of hydrogen-bond donors (Lipinski definition) is 0. The van der Waals surface area contributed by atoms with Gasteiger partial charge in [-0.2, -0.15) is 0 Å². The smallest absolute Gasteiger partial charge is 0.205 e. The van der Waals surface area contributed by atoms with Crippen LogP contribution < -0.4 is 9.47 Å². The Morgan fingerprint density at radius 3 is 2.81 bits per heavy atom.